The molecule has 0 radical (unpaired) electrons. The molecule has 15 heteroatoms. The predicted molar refractivity (Wildman–Crippen MR) is 159 cm³/mol. The Bertz CT molecular complexity index is 1440. The Labute approximate surface area is 254 Å². The summed E-state index contributed by atoms with van der Waals surface area (Å²) in [5.74, 6) is 0.553. The van der Waals surface area contributed by atoms with E-state index in [9.17, 15) is 13.6 Å². The van der Waals surface area contributed by atoms with Gasteiger partial charge in [0, 0.05) is 52.3 Å². The number of aliphatic hydroxyl groups is 1. The number of carbonyl (C=O) groups excluding carboxylic acids is 1. The van der Waals surface area contributed by atoms with Crippen LogP contribution < -0.4 is 14.5 Å². The molecule has 4 heterocycles. The van der Waals surface area contributed by atoms with Crippen LogP contribution in [0, 0.1) is 0 Å². The van der Waals surface area contributed by atoms with Gasteiger partial charge in [0.1, 0.15) is 16.9 Å². The van der Waals surface area contributed by atoms with Crippen molar-refractivity contribution in [2.45, 2.75) is 58.1 Å². The third-order valence-electron chi connectivity index (χ3n) is 7.50. The van der Waals surface area contributed by atoms with E-state index in [1.165, 1.54) is 4.57 Å². The number of fused-ring (bicyclic) bond motifs is 1. The first-order valence-corrected chi connectivity index (χ1v) is 14.9. The third-order valence-corrected chi connectivity index (χ3v) is 7.50. The zero-order chi connectivity index (χ0) is 31.4. The molecule has 0 unspecified atom stereocenters. The zero-order valence-electron chi connectivity index (χ0n) is 25.6. The minimum atomic E-state index is -2.92. The number of para-hydroxylation sites is 1. The first kappa shape index (κ1) is 31.6. The second kappa shape index (κ2) is 13.4. The highest BCUT2D eigenvalue weighted by Crippen LogP contribution is 2.33. The average Bonchev–Trinajstić information content (AvgIpc) is 3.41. The SMILES string of the molecule is CN(C(=O)OC(C)(C)C)C1CCN(c2nc(N3CCOCC3)nc(-n3c(C(F)F)nc4c(OCCCO)cccc43)n2)CC1. The Morgan fingerprint density at radius 2 is 1.68 bits per heavy atom. The van der Waals surface area contributed by atoms with E-state index < -0.39 is 17.9 Å². The number of carbonyl (C=O) groups is 1. The topological polar surface area (TPSA) is 131 Å². The normalized spacial score (nSPS) is 16.5. The van der Waals surface area contributed by atoms with E-state index in [0.29, 0.717) is 81.8 Å². The van der Waals surface area contributed by atoms with Crippen LogP contribution in [0.3, 0.4) is 0 Å². The number of benzene rings is 1. The van der Waals surface area contributed by atoms with Gasteiger partial charge in [0.05, 0.1) is 25.3 Å². The van der Waals surface area contributed by atoms with Crippen LogP contribution in [0.15, 0.2) is 18.2 Å². The van der Waals surface area contributed by atoms with E-state index >= 15 is 0 Å². The highest BCUT2D eigenvalue weighted by Gasteiger charge is 2.31. The molecule has 13 nitrogen and oxygen atoms in total. The summed E-state index contributed by atoms with van der Waals surface area (Å²) < 4.78 is 47.0. The van der Waals surface area contributed by atoms with Gasteiger partial charge in [0.25, 0.3) is 6.43 Å². The molecule has 0 spiro atoms. The number of ether oxygens (including phenoxy) is 3. The van der Waals surface area contributed by atoms with Crippen molar-refractivity contribution >= 4 is 29.0 Å². The van der Waals surface area contributed by atoms with Crippen molar-refractivity contribution in [2.24, 2.45) is 0 Å². The van der Waals surface area contributed by atoms with Gasteiger partial charge in [0.2, 0.25) is 17.8 Å². The van der Waals surface area contributed by atoms with Crippen LogP contribution in [0.1, 0.15) is 52.3 Å². The number of hydrogen-bond donors (Lipinski definition) is 1. The van der Waals surface area contributed by atoms with Crippen LogP contribution in [0.25, 0.3) is 17.0 Å². The van der Waals surface area contributed by atoms with Gasteiger partial charge in [-0.25, -0.2) is 18.6 Å². The fourth-order valence-corrected chi connectivity index (χ4v) is 5.24. The van der Waals surface area contributed by atoms with Crippen LogP contribution >= 0.6 is 0 Å². The van der Waals surface area contributed by atoms with Crippen LogP contribution in [0.5, 0.6) is 5.75 Å². The molecule has 2 aliphatic rings. The van der Waals surface area contributed by atoms with E-state index in [4.69, 9.17) is 29.3 Å². The number of imidazole rings is 1. The summed E-state index contributed by atoms with van der Waals surface area (Å²) in [6.07, 6.45) is -1.61. The molecule has 1 amide bonds. The van der Waals surface area contributed by atoms with Gasteiger partial charge in [-0.15, -0.1) is 0 Å². The average molecular weight is 619 g/mol. The molecule has 2 saturated heterocycles. The van der Waals surface area contributed by atoms with Crippen LogP contribution in [-0.4, -0.2) is 112 Å². The number of anilines is 2. The number of nitrogens with zero attached hydrogens (tertiary/aromatic N) is 8. The summed E-state index contributed by atoms with van der Waals surface area (Å²) in [5.41, 5.74) is 0.0237. The number of halogens is 2. The van der Waals surface area contributed by atoms with Gasteiger partial charge in [0.15, 0.2) is 5.82 Å². The van der Waals surface area contributed by atoms with E-state index in [1.54, 1.807) is 30.1 Å². The number of morpholine rings is 1. The minimum Gasteiger partial charge on any atom is -0.491 e. The maximum Gasteiger partial charge on any atom is 0.410 e. The molecule has 0 aliphatic carbocycles. The number of rotatable bonds is 9. The second-order valence-corrected chi connectivity index (χ2v) is 11.8. The minimum absolute atomic E-state index is 0.0230. The van der Waals surface area contributed by atoms with Crippen molar-refractivity contribution in [3.63, 3.8) is 0 Å². The maximum absolute atomic E-state index is 14.5. The lowest BCUT2D eigenvalue weighted by atomic mass is 10.0. The summed E-state index contributed by atoms with van der Waals surface area (Å²) >= 11 is 0. The molecular weight excluding hydrogens is 578 g/mol. The lowest BCUT2D eigenvalue weighted by Gasteiger charge is -2.37. The Hall–Kier alpha value is -3.85. The molecule has 1 N–H and O–H groups in total. The molecule has 5 rings (SSSR count). The molecule has 44 heavy (non-hydrogen) atoms. The van der Waals surface area contributed by atoms with E-state index in [-0.39, 0.29) is 36.8 Å². The third kappa shape index (κ3) is 7.09. The highest BCUT2D eigenvalue weighted by atomic mass is 19.3. The number of amides is 1. The van der Waals surface area contributed by atoms with E-state index in [1.807, 2.05) is 30.6 Å². The molecule has 2 fully saturated rings. The van der Waals surface area contributed by atoms with Gasteiger partial charge in [-0.3, -0.25) is 4.57 Å². The van der Waals surface area contributed by atoms with Gasteiger partial charge >= 0.3 is 6.09 Å². The molecule has 0 atom stereocenters. The maximum atomic E-state index is 14.5. The quantitative estimate of drug-likeness (QED) is 0.353. The Morgan fingerprint density at radius 1 is 1.05 bits per heavy atom. The summed E-state index contributed by atoms with van der Waals surface area (Å²) in [6, 6.07) is 4.99. The number of aliphatic hydroxyl groups excluding tert-OH is 1. The van der Waals surface area contributed by atoms with Crippen molar-refractivity contribution < 1.29 is 32.9 Å². The number of aromatic nitrogens is 5. The first-order valence-electron chi connectivity index (χ1n) is 14.9. The van der Waals surface area contributed by atoms with Crippen molar-refractivity contribution in [3.8, 4) is 11.7 Å². The van der Waals surface area contributed by atoms with Crippen molar-refractivity contribution in [1.82, 2.24) is 29.4 Å². The van der Waals surface area contributed by atoms with Crippen LogP contribution in [0.4, 0.5) is 25.5 Å². The number of piperidine rings is 1. The van der Waals surface area contributed by atoms with Gasteiger partial charge in [-0.2, -0.15) is 15.0 Å². The van der Waals surface area contributed by atoms with Crippen molar-refractivity contribution in [3.05, 3.63) is 24.0 Å². The number of hydrogen-bond acceptors (Lipinski definition) is 11. The largest absolute Gasteiger partial charge is 0.491 e. The monoisotopic (exact) mass is 618 g/mol. The fourth-order valence-electron chi connectivity index (χ4n) is 5.24. The molecular formula is C29H40F2N8O5. The van der Waals surface area contributed by atoms with Crippen molar-refractivity contribution in [2.75, 3.05) is 69.5 Å². The summed E-state index contributed by atoms with van der Waals surface area (Å²) in [5, 5.41) is 9.14. The molecule has 240 valence electrons. The van der Waals surface area contributed by atoms with E-state index in [2.05, 4.69) is 9.97 Å². The smallest absolute Gasteiger partial charge is 0.410 e. The Morgan fingerprint density at radius 3 is 2.30 bits per heavy atom. The van der Waals surface area contributed by atoms with Crippen molar-refractivity contribution in [1.29, 1.82) is 0 Å². The fraction of sp³-hybridized carbons (Fsp3) is 0.621. The molecule has 2 aliphatic heterocycles. The molecule has 2 aromatic heterocycles. The lowest BCUT2D eigenvalue weighted by molar-refractivity contribution is 0.0200. The predicted octanol–water partition coefficient (Wildman–Crippen LogP) is 3.58. The lowest BCUT2D eigenvalue weighted by Crippen LogP contribution is -2.47. The van der Waals surface area contributed by atoms with E-state index in [0.717, 1.165) is 0 Å². The van der Waals surface area contributed by atoms with Gasteiger partial charge in [-0.1, -0.05) is 6.07 Å². The Kier molecular flexibility index (Phi) is 9.63. The molecule has 0 saturated carbocycles. The zero-order valence-corrected chi connectivity index (χ0v) is 25.6. The van der Waals surface area contributed by atoms with Gasteiger partial charge in [-0.05, 0) is 45.7 Å². The highest BCUT2D eigenvalue weighted by molar-refractivity contribution is 5.84. The second-order valence-electron chi connectivity index (χ2n) is 11.8. The summed E-state index contributed by atoms with van der Waals surface area (Å²) in [4.78, 5) is 36.6. The number of alkyl halides is 2. The molecule has 1 aromatic carbocycles. The first-order chi connectivity index (χ1) is 21.1. The Balaban J connectivity index is 1.49. The summed E-state index contributed by atoms with van der Waals surface area (Å²) in [6.45, 7) is 8.80. The summed E-state index contributed by atoms with van der Waals surface area (Å²) in [7, 11) is 1.74. The van der Waals surface area contributed by atoms with Gasteiger partial charge < -0.3 is 34.0 Å². The van der Waals surface area contributed by atoms with Crippen LogP contribution in [0.2, 0.25) is 0 Å². The van der Waals surface area contributed by atoms with Crippen LogP contribution in [-0.2, 0) is 9.47 Å². The molecule has 0 bridgehead atoms. The standard InChI is InChI=1S/C29H40F2N8O5/c1-29(2,3)44-28(41)36(4)19-9-11-37(12-10-19)25-33-26(38-13-17-42-18-14-38)35-27(34-25)39-20-7-5-8-21(43-16-6-15-40)22(20)32-24(39)23(30)31/h5,7-8,19,23,40H,6,9-18H2,1-4H3. The molecule has 3 aromatic rings.